The van der Waals surface area contributed by atoms with Crippen LogP contribution in [0.25, 0.3) is 10.9 Å². The molecule has 0 aliphatic carbocycles. The number of halogens is 2. The van der Waals surface area contributed by atoms with Crippen LogP contribution < -0.4 is 14.8 Å². The smallest absolute Gasteiger partial charge is 0.272 e. The normalized spacial score (nSPS) is 10.9. The van der Waals surface area contributed by atoms with E-state index in [4.69, 9.17) is 32.7 Å². The zero-order chi connectivity index (χ0) is 19.7. The summed E-state index contributed by atoms with van der Waals surface area (Å²) in [5.41, 5.74) is 2.89. The van der Waals surface area contributed by atoms with E-state index in [0.29, 0.717) is 39.5 Å². The van der Waals surface area contributed by atoms with Crippen LogP contribution in [0.4, 0.5) is 5.69 Å². The van der Waals surface area contributed by atoms with Gasteiger partial charge in [-0.05, 0) is 37.6 Å². The highest BCUT2D eigenvalue weighted by Crippen LogP contribution is 2.36. The van der Waals surface area contributed by atoms with E-state index in [1.807, 2.05) is 36.6 Å². The van der Waals surface area contributed by atoms with Gasteiger partial charge in [-0.3, -0.25) is 4.79 Å². The number of ether oxygens (including phenoxy) is 2. The van der Waals surface area contributed by atoms with Gasteiger partial charge in [-0.2, -0.15) is 0 Å². The Morgan fingerprint density at radius 1 is 1.11 bits per heavy atom. The number of nitrogens with zero attached hydrogens (tertiary/aromatic N) is 1. The second kappa shape index (κ2) is 7.71. The maximum Gasteiger partial charge on any atom is 0.272 e. The molecule has 142 valence electrons. The van der Waals surface area contributed by atoms with Gasteiger partial charge in [0.2, 0.25) is 0 Å². The minimum absolute atomic E-state index is 0.246. The monoisotopic (exact) mass is 406 g/mol. The van der Waals surface area contributed by atoms with Crippen molar-refractivity contribution in [2.45, 2.75) is 20.4 Å². The quantitative estimate of drug-likeness (QED) is 0.604. The Morgan fingerprint density at radius 2 is 1.81 bits per heavy atom. The van der Waals surface area contributed by atoms with Gasteiger partial charge in [0, 0.05) is 34.6 Å². The lowest BCUT2D eigenvalue weighted by atomic mass is 10.1. The van der Waals surface area contributed by atoms with Gasteiger partial charge in [-0.25, -0.2) is 0 Å². The summed E-state index contributed by atoms with van der Waals surface area (Å²) in [5, 5.41) is 4.91. The molecule has 3 aromatic rings. The Morgan fingerprint density at radius 3 is 2.44 bits per heavy atom. The van der Waals surface area contributed by atoms with Crippen LogP contribution in [0.5, 0.6) is 11.5 Å². The van der Waals surface area contributed by atoms with Gasteiger partial charge in [-0.1, -0.05) is 23.2 Å². The van der Waals surface area contributed by atoms with E-state index in [-0.39, 0.29) is 5.91 Å². The molecule has 5 nitrogen and oxygen atoms in total. The topological polar surface area (TPSA) is 52.5 Å². The van der Waals surface area contributed by atoms with Crippen molar-refractivity contribution in [1.82, 2.24) is 4.57 Å². The zero-order valence-corrected chi connectivity index (χ0v) is 17.0. The number of carbonyl (C=O) groups is 1. The SMILES string of the molecule is CCn1c(C(=O)Nc2cc(OC)c(Cl)cc2OC)c(C)c2cc(Cl)ccc21. The summed E-state index contributed by atoms with van der Waals surface area (Å²) >= 11 is 12.3. The fourth-order valence-electron chi connectivity index (χ4n) is 3.26. The molecule has 0 radical (unpaired) electrons. The number of carbonyl (C=O) groups excluding carboxylic acids is 1. The second-order valence-corrected chi connectivity index (χ2v) is 6.86. The molecule has 27 heavy (non-hydrogen) atoms. The number of nitrogens with one attached hydrogen (secondary N) is 1. The molecule has 3 rings (SSSR count). The molecular weight excluding hydrogens is 387 g/mol. The lowest BCUT2D eigenvalue weighted by Crippen LogP contribution is -2.18. The summed E-state index contributed by atoms with van der Waals surface area (Å²) in [6.45, 7) is 4.56. The molecule has 0 atom stereocenters. The number of methoxy groups -OCH3 is 2. The van der Waals surface area contributed by atoms with Gasteiger partial charge >= 0.3 is 0 Å². The van der Waals surface area contributed by atoms with Crippen molar-refractivity contribution < 1.29 is 14.3 Å². The van der Waals surface area contributed by atoms with Crippen LogP contribution in [0.1, 0.15) is 23.0 Å². The van der Waals surface area contributed by atoms with Crippen molar-refractivity contribution >= 4 is 45.7 Å². The Hall–Kier alpha value is -2.37. The molecule has 0 aliphatic heterocycles. The Labute approximate surface area is 167 Å². The Bertz CT molecular complexity index is 1030. The third-order valence-corrected chi connectivity index (χ3v) is 5.06. The first kappa shape index (κ1) is 19.4. The summed E-state index contributed by atoms with van der Waals surface area (Å²) in [5.74, 6) is 0.658. The minimum atomic E-state index is -0.246. The third kappa shape index (κ3) is 3.45. The van der Waals surface area contributed by atoms with Crippen LogP contribution in [0.2, 0.25) is 10.0 Å². The molecule has 0 saturated heterocycles. The van der Waals surface area contributed by atoms with E-state index in [9.17, 15) is 4.79 Å². The average molecular weight is 407 g/mol. The number of benzene rings is 2. The predicted octanol–water partition coefficient (Wildman–Crippen LogP) is 5.55. The molecule has 0 aliphatic rings. The molecule has 0 spiro atoms. The Balaban J connectivity index is 2.09. The molecule has 7 heteroatoms. The zero-order valence-electron chi connectivity index (χ0n) is 15.5. The number of amides is 1. The van der Waals surface area contributed by atoms with E-state index in [1.165, 1.54) is 14.2 Å². The van der Waals surface area contributed by atoms with Gasteiger partial charge in [-0.15, -0.1) is 0 Å². The van der Waals surface area contributed by atoms with Gasteiger partial charge < -0.3 is 19.4 Å². The second-order valence-electron chi connectivity index (χ2n) is 6.02. The first-order chi connectivity index (χ1) is 12.9. The number of rotatable bonds is 5. The fraction of sp³-hybridized carbons (Fsp3) is 0.250. The van der Waals surface area contributed by atoms with Gasteiger partial charge in [0.05, 0.1) is 24.9 Å². The van der Waals surface area contributed by atoms with Crippen LogP contribution >= 0.6 is 23.2 Å². The molecule has 1 amide bonds. The van der Waals surface area contributed by atoms with E-state index in [0.717, 1.165) is 16.5 Å². The minimum Gasteiger partial charge on any atom is -0.495 e. The van der Waals surface area contributed by atoms with Crippen molar-refractivity contribution in [3.63, 3.8) is 0 Å². The number of fused-ring (bicyclic) bond motifs is 1. The largest absolute Gasteiger partial charge is 0.495 e. The molecular formula is C20H20Cl2N2O3. The maximum atomic E-state index is 13.1. The molecule has 2 aromatic carbocycles. The first-order valence-corrected chi connectivity index (χ1v) is 9.18. The molecule has 1 N–H and O–H groups in total. The van der Waals surface area contributed by atoms with E-state index in [1.54, 1.807) is 12.1 Å². The van der Waals surface area contributed by atoms with Crippen molar-refractivity contribution in [3.05, 3.63) is 51.6 Å². The predicted molar refractivity (Wildman–Crippen MR) is 110 cm³/mol. The van der Waals surface area contributed by atoms with Crippen molar-refractivity contribution in [1.29, 1.82) is 0 Å². The van der Waals surface area contributed by atoms with Crippen molar-refractivity contribution in [3.8, 4) is 11.5 Å². The average Bonchev–Trinajstić information content (AvgIpc) is 2.94. The number of aryl methyl sites for hydroxylation is 2. The number of hydrogen-bond donors (Lipinski definition) is 1. The molecule has 0 bridgehead atoms. The van der Waals surface area contributed by atoms with E-state index in [2.05, 4.69) is 5.32 Å². The lowest BCUT2D eigenvalue weighted by molar-refractivity contribution is 0.101. The molecule has 0 saturated carbocycles. The summed E-state index contributed by atoms with van der Waals surface area (Å²) < 4.78 is 12.6. The highest BCUT2D eigenvalue weighted by atomic mass is 35.5. The standard InChI is InChI=1S/C20H20Cl2N2O3/c1-5-24-16-7-6-12(21)8-13(16)11(2)19(24)20(25)23-15-10-17(26-3)14(22)9-18(15)27-4/h6-10H,5H2,1-4H3,(H,23,25). The highest BCUT2D eigenvalue weighted by Gasteiger charge is 2.21. The van der Waals surface area contributed by atoms with Crippen LogP contribution in [-0.4, -0.2) is 24.7 Å². The first-order valence-electron chi connectivity index (χ1n) is 8.42. The van der Waals surface area contributed by atoms with Crippen LogP contribution in [-0.2, 0) is 6.54 Å². The molecule has 0 fully saturated rings. The summed E-state index contributed by atoms with van der Waals surface area (Å²) in [6, 6.07) is 8.88. The lowest BCUT2D eigenvalue weighted by Gasteiger charge is -2.14. The van der Waals surface area contributed by atoms with E-state index < -0.39 is 0 Å². The molecule has 1 aromatic heterocycles. The number of anilines is 1. The maximum absolute atomic E-state index is 13.1. The summed E-state index contributed by atoms with van der Waals surface area (Å²) in [6.07, 6.45) is 0. The van der Waals surface area contributed by atoms with Gasteiger partial charge in [0.1, 0.15) is 17.2 Å². The number of hydrogen-bond acceptors (Lipinski definition) is 3. The third-order valence-electron chi connectivity index (χ3n) is 4.53. The number of aromatic nitrogens is 1. The fourth-order valence-corrected chi connectivity index (χ4v) is 3.66. The molecule has 1 heterocycles. The van der Waals surface area contributed by atoms with Gasteiger partial charge in [0.25, 0.3) is 5.91 Å². The van der Waals surface area contributed by atoms with Crippen molar-refractivity contribution in [2.75, 3.05) is 19.5 Å². The van der Waals surface area contributed by atoms with Gasteiger partial charge in [0.15, 0.2) is 0 Å². The van der Waals surface area contributed by atoms with Crippen LogP contribution in [0, 0.1) is 6.92 Å². The van der Waals surface area contributed by atoms with Crippen LogP contribution in [0.3, 0.4) is 0 Å². The summed E-state index contributed by atoms with van der Waals surface area (Å²) in [7, 11) is 3.03. The van der Waals surface area contributed by atoms with Crippen LogP contribution in [0.15, 0.2) is 30.3 Å². The highest BCUT2D eigenvalue weighted by molar-refractivity contribution is 6.32. The summed E-state index contributed by atoms with van der Waals surface area (Å²) in [4.78, 5) is 13.1. The van der Waals surface area contributed by atoms with E-state index >= 15 is 0 Å². The Kier molecular flexibility index (Phi) is 5.53. The molecule has 0 unspecified atom stereocenters. The van der Waals surface area contributed by atoms with Crippen molar-refractivity contribution in [2.24, 2.45) is 0 Å².